The fourth-order valence-electron chi connectivity index (χ4n) is 6.45. The molecule has 0 saturated carbocycles. The third-order valence-electron chi connectivity index (χ3n) is 9.34. The van der Waals surface area contributed by atoms with E-state index < -0.39 is 35.6 Å². The molecule has 4 aromatic rings. The monoisotopic (exact) mass is 827 g/mol. The average molecular weight is 828 g/mol. The number of carbonyl (C=O) groups excluding carboxylic acids is 6. The van der Waals surface area contributed by atoms with E-state index in [1.807, 2.05) is 6.07 Å². The molecule has 5 N–H and O–H groups in total. The van der Waals surface area contributed by atoms with E-state index in [-0.39, 0.29) is 48.6 Å². The minimum atomic E-state index is -1.03. The number of carbonyl (C=O) groups is 6. The molecule has 2 aliphatic heterocycles. The van der Waals surface area contributed by atoms with Gasteiger partial charge in [0.2, 0.25) is 17.7 Å². The van der Waals surface area contributed by atoms with Gasteiger partial charge in [-0.25, -0.2) is 4.98 Å². The Bertz CT molecular complexity index is 2210. The van der Waals surface area contributed by atoms with Crippen LogP contribution >= 0.6 is 0 Å². The van der Waals surface area contributed by atoms with Crippen LogP contribution in [0.3, 0.4) is 0 Å². The van der Waals surface area contributed by atoms with Crippen molar-refractivity contribution in [3.05, 3.63) is 71.8 Å². The van der Waals surface area contributed by atoms with Crippen LogP contribution in [0, 0.1) is 0 Å². The molecular formula is C39H45N11O10. The lowest BCUT2D eigenvalue weighted by Crippen LogP contribution is -2.54. The fraction of sp³-hybridized carbons (Fsp3) is 0.385. The Morgan fingerprint density at radius 3 is 2.35 bits per heavy atom. The first-order valence-electron chi connectivity index (χ1n) is 19.2. The van der Waals surface area contributed by atoms with Gasteiger partial charge in [-0.1, -0.05) is 12.1 Å². The van der Waals surface area contributed by atoms with Gasteiger partial charge in [0.05, 0.1) is 87.6 Å². The Morgan fingerprint density at radius 1 is 0.867 bits per heavy atom. The molecule has 4 heterocycles. The molecule has 2 aromatic heterocycles. The van der Waals surface area contributed by atoms with Crippen molar-refractivity contribution in [2.45, 2.75) is 31.8 Å². The van der Waals surface area contributed by atoms with Crippen LogP contribution in [0.5, 0.6) is 5.75 Å². The number of aromatic nitrogens is 5. The standard InChI is InChI=1S/C39H45N11O10/c1-40-37(54)33-27(11-13-44-47-33)45-28-8-4-6-25(34(28)57-2)35-43-23-49(48-35)16-14-42-30(51)12-17-58-19-21-60-22-20-59-18-15-41-26-7-3-5-24-32(26)39(56)50(38(24)55)29-9-10-31(52)46-36(29)53/h3-8,11,13,23,29,41H,9-10,12,14-22H2,1-2H3,(H,40,54)(H,42,51)(H,44,45)(H,46,52,53). The molecule has 1 fully saturated rings. The number of hydrogen-bond acceptors (Lipinski definition) is 16. The first kappa shape index (κ1) is 42.8. The van der Waals surface area contributed by atoms with Crippen LogP contribution in [-0.4, -0.2) is 138 Å². The summed E-state index contributed by atoms with van der Waals surface area (Å²) < 4.78 is 24.0. The predicted octanol–water partition coefficient (Wildman–Crippen LogP) is 0.916. The minimum Gasteiger partial charge on any atom is -0.494 e. The Morgan fingerprint density at radius 2 is 1.60 bits per heavy atom. The van der Waals surface area contributed by atoms with Crippen molar-refractivity contribution in [2.24, 2.45) is 0 Å². The number of amides is 6. The number of piperidine rings is 1. The van der Waals surface area contributed by atoms with Gasteiger partial charge in [0.15, 0.2) is 17.3 Å². The van der Waals surface area contributed by atoms with Crippen molar-refractivity contribution in [1.29, 1.82) is 0 Å². The van der Waals surface area contributed by atoms with E-state index in [2.05, 4.69) is 46.9 Å². The van der Waals surface area contributed by atoms with E-state index >= 15 is 0 Å². The van der Waals surface area contributed by atoms with Gasteiger partial charge >= 0.3 is 0 Å². The van der Waals surface area contributed by atoms with Gasteiger partial charge < -0.3 is 40.2 Å². The number of imide groups is 2. The van der Waals surface area contributed by atoms with Gasteiger partial charge in [-0.3, -0.25) is 43.7 Å². The van der Waals surface area contributed by atoms with E-state index in [1.54, 1.807) is 41.3 Å². The number of methoxy groups -OCH3 is 1. The molecule has 0 aliphatic carbocycles. The number of nitrogens with zero attached hydrogens (tertiary/aromatic N) is 6. The summed E-state index contributed by atoms with van der Waals surface area (Å²) in [5.41, 5.74) is 2.58. The van der Waals surface area contributed by atoms with E-state index in [4.69, 9.17) is 18.9 Å². The maximum absolute atomic E-state index is 13.2. The molecule has 2 aromatic carbocycles. The zero-order valence-electron chi connectivity index (χ0n) is 33.0. The topological polar surface area (TPSA) is 259 Å². The Balaban J connectivity index is 0.816. The maximum Gasteiger partial charge on any atom is 0.273 e. The van der Waals surface area contributed by atoms with Crippen molar-refractivity contribution >= 4 is 52.5 Å². The van der Waals surface area contributed by atoms with Gasteiger partial charge in [-0.15, -0.1) is 5.10 Å². The average Bonchev–Trinajstić information content (AvgIpc) is 3.82. The Hall–Kier alpha value is -6.84. The molecule has 21 heteroatoms. The molecule has 1 saturated heterocycles. The molecule has 0 bridgehead atoms. The van der Waals surface area contributed by atoms with Gasteiger partial charge in [0.1, 0.15) is 12.4 Å². The van der Waals surface area contributed by atoms with Gasteiger partial charge in [0.25, 0.3) is 17.7 Å². The highest BCUT2D eigenvalue weighted by atomic mass is 16.5. The van der Waals surface area contributed by atoms with Crippen LogP contribution in [0.25, 0.3) is 11.4 Å². The second-order valence-corrected chi connectivity index (χ2v) is 13.3. The predicted molar refractivity (Wildman–Crippen MR) is 212 cm³/mol. The first-order valence-corrected chi connectivity index (χ1v) is 19.2. The molecule has 0 spiro atoms. The summed E-state index contributed by atoms with van der Waals surface area (Å²) in [5.74, 6) is -1.94. The number of nitrogens with one attached hydrogen (secondary N) is 5. The van der Waals surface area contributed by atoms with Gasteiger partial charge in [-0.05, 0) is 36.8 Å². The third kappa shape index (κ3) is 10.4. The summed E-state index contributed by atoms with van der Waals surface area (Å²) >= 11 is 0. The van der Waals surface area contributed by atoms with Crippen LogP contribution in [0.15, 0.2) is 55.0 Å². The van der Waals surface area contributed by atoms with Crippen LogP contribution in [0.4, 0.5) is 17.1 Å². The van der Waals surface area contributed by atoms with Crippen molar-refractivity contribution in [1.82, 2.24) is 45.8 Å². The zero-order chi connectivity index (χ0) is 42.4. The Kier molecular flexibility index (Phi) is 14.8. The highest BCUT2D eigenvalue weighted by Crippen LogP contribution is 2.37. The summed E-state index contributed by atoms with van der Waals surface area (Å²) in [6.07, 6.45) is 3.34. The van der Waals surface area contributed by atoms with Gasteiger partial charge in [-0.2, -0.15) is 10.2 Å². The smallest absolute Gasteiger partial charge is 0.273 e. The minimum absolute atomic E-state index is 0.0480. The van der Waals surface area contributed by atoms with Crippen molar-refractivity contribution < 1.29 is 47.7 Å². The van der Waals surface area contributed by atoms with Crippen LogP contribution < -0.4 is 31.3 Å². The molecule has 6 rings (SSSR count). The van der Waals surface area contributed by atoms with Crippen LogP contribution in [0.2, 0.25) is 0 Å². The number of rotatable bonds is 22. The summed E-state index contributed by atoms with van der Waals surface area (Å²) in [6.45, 7) is 2.81. The Labute approximate surface area is 343 Å². The number of anilines is 3. The summed E-state index contributed by atoms with van der Waals surface area (Å²) in [4.78, 5) is 80.0. The number of fused-ring (bicyclic) bond motifs is 1. The maximum atomic E-state index is 13.2. The number of benzene rings is 2. The van der Waals surface area contributed by atoms with E-state index in [0.29, 0.717) is 86.9 Å². The molecule has 1 unspecified atom stereocenters. The van der Waals surface area contributed by atoms with Crippen LogP contribution in [0.1, 0.15) is 50.5 Å². The lowest BCUT2D eigenvalue weighted by molar-refractivity contribution is -0.136. The molecule has 316 valence electrons. The molecule has 2 aliphatic rings. The SMILES string of the molecule is CNC(=O)c1nnccc1Nc1cccc(-c2ncn(CCNC(=O)CCOCCOCCOCCNc3cccc4c3C(=O)N(C3CCC(=O)NC3=O)C4=O)n2)c1OC. The third-order valence-corrected chi connectivity index (χ3v) is 9.34. The number of ether oxygens (including phenoxy) is 4. The lowest BCUT2D eigenvalue weighted by atomic mass is 10.0. The molecule has 0 radical (unpaired) electrons. The highest BCUT2D eigenvalue weighted by molar-refractivity contribution is 6.25. The second-order valence-electron chi connectivity index (χ2n) is 13.3. The van der Waals surface area contributed by atoms with E-state index in [9.17, 15) is 28.8 Å². The first-order chi connectivity index (χ1) is 29.2. The molecular weight excluding hydrogens is 782 g/mol. The zero-order valence-corrected chi connectivity index (χ0v) is 33.0. The van der Waals surface area contributed by atoms with Crippen molar-refractivity contribution in [3.8, 4) is 17.1 Å². The van der Waals surface area contributed by atoms with Crippen molar-refractivity contribution in [2.75, 3.05) is 77.5 Å². The summed E-state index contributed by atoms with van der Waals surface area (Å²) in [5, 5.41) is 26.1. The van der Waals surface area contributed by atoms with E-state index in [1.165, 1.54) is 26.4 Å². The normalized spacial score (nSPS) is 14.8. The van der Waals surface area contributed by atoms with Crippen molar-refractivity contribution in [3.63, 3.8) is 0 Å². The summed E-state index contributed by atoms with van der Waals surface area (Å²) in [6, 6.07) is 10.9. The second kappa shape index (κ2) is 20.7. The largest absolute Gasteiger partial charge is 0.494 e. The fourth-order valence-corrected chi connectivity index (χ4v) is 6.45. The van der Waals surface area contributed by atoms with E-state index in [0.717, 1.165) is 4.90 Å². The number of para-hydroxylation sites is 1. The molecule has 6 amide bonds. The molecule has 60 heavy (non-hydrogen) atoms. The quantitative estimate of drug-likeness (QED) is 0.0545. The van der Waals surface area contributed by atoms with Gasteiger partial charge in [0, 0.05) is 38.7 Å². The van der Waals surface area contributed by atoms with Crippen LogP contribution in [-0.2, 0) is 35.1 Å². The summed E-state index contributed by atoms with van der Waals surface area (Å²) in [7, 11) is 3.03. The molecule has 1 atom stereocenters. The molecule has 21 nitrogen and oxygen atoms in total. The highest BCUT2D eigenvalue weighted by Gasteiger charge is 2.45. The number of hydrogen-bond donors (Lipinski definition) is 5. The lowest BCUT2D eigenvalue weighted by Gasteiger charge is -2.27.